The van der Waals surface area contributed by atoms with Crippen molar-refractivity contribution in [3.05, 3.63) is 203 Å². The number of nitro benzene ring substituents is 1. The van der Waals surface area contributed by atoms with E-state index in [1.165, 1.54) is 40.2 Å². The second-order valence-corrected chi connectivity index (χ2v) is 13.7. The highest BCUT2D eigenvalue weighted by Crippen LogP contribution is 2.38. The Morgan fingerprint density at radius 2 is 1.45 bits per heavy atom. The zero-order valence-corrected chi connectivity index (χ0v) is 30.2. The lowest BCUT2D eigenvalue weighted by atomic mass is 9.93. The molecule has 0 unspecified atom stereocenters. The normalized spacial score (nSPS) is 14.0. The SMILES string of the molecule is CCOC(=O)C1=C(c2ccccc2)N=c2s/c(=C\c3cc(-c4ccccc4)n(-c4ccc([N+](=O)[O-])cc4)c3-c3ccccc3)c(=O)n2[C@H]1c1ccc(F)cc1. The molecule has 3 heterocycles. The molecule has 270 valence electrons. The summed E-state index contributed by atoms with van der Waals surface area (Å²) in [6, 6.07) is 41.8. The second kappa shape index (κ2) is 14.8. The van der Waals surface area contributed by atoms with Crippen LogP contribution in [-0.2, 0) is 9.53 Å². The fourth-order valence-corrected chi connectivity index (χ4v) is 7.88. The van der Waals surface area contributed by atoms with Gasteiger partial charge in [-0.2, -0.15) is 0 Å². The van der Waals surface area contributed by atoms with Crippen LogP contribution in [0.4, 0.5) is 10.1 Å². The van der Waals surface area contributed by atoms with Gasteiger partial charge in [0.05, 0.1) is 44.8 Å². The smallest absolute Gasteiger partial charge is 0.338 e. The van der Waals surface area contributed by atoms with Gasteiger partial charge >= 0.3 is 5.97 Å². The molecule has 11 heteroatoms. The third-order valence-electron chi connectivity index (χ3n) is 9.31. The number of hydrogen-bond donors (Lipinski definition) is 0. The van der Waals surface area contributed by atoms with Crippen molar-refractivity contribution in [2.75, 3.05) is 6.61 Å². The maximum Gasteiger partial charge on any atom is 0.338 e. The third-order valence-corrected chi connectivity index (χ3v) is 10.3. The summed E-state index contributed by atoms with van der Waals surface area (Å²) in [6.07, 6.45) is 1.82. The predicted octanol–water partition coefficient (Wildman–Crippen LogP) is 8.11. The summed E-state index contributed by atoms with van der Waals surface area (Å²) >= 11 is 1.18. The summed E-state index contributed by atoms with van der Waals surface area (Å²) in [5.74, 6) is -1.09. The molecule has 0 radical (unpaired) electrons. The van der Waals surface area contributed by atoms with Crippen LogP contribution in [0.2, 0.25) is 0 Å². The molecule has 5 aromatic carbocycles. The Labute approximate surface area is 318 Å². The van der Waals surface area contributed by atoms with Gasteiger partial charge in [-0.1, -0.05) is 114 Å². The number of carbonyl (C=O) groups is 1. The Bertz CT molecular complexity index is 2780. The Morgan fingerprint density at radius 1 is 0.855 bits per heavy atom. The first-order valence-corrected chi connectivity index (χ1v) is 18.3. The molecule has 1 aliphatic rings. The summed E-state index contributed by atoms with van der Waals surface area (Å²) in [7, 11) is 0. The van der Waals surface area contributed by atoms with Crippen molar-refractivity contribution in [1.29, 1.82) is 0 Å². The molecule has 55 heavy (non-hydrogen) atoms. The van der Waals surface area contributed by atoms with Crippen molar-refractivity contribution in [2.45, 2.75) is 13.0 Å². The lowest BCUT2D eigenvalue weighted by Gasteiger charge is -2.25. The lowest BCUT2D eigenvalue weighted by molar-refractivity contribution is -0.384. The van der Waals surface area contributed by atoms with Crippen LogP contribution in [0.5, 0.6) is 0 Å². The van der Waals surface area contributed by atoms with E-state index in [1.807, 2.05) is 108 Å². The summed E-state index contributed by atoms with van der Waals surface area (Å²) in [6.45, 7) is 1.81. The topological polar surface area (TPSA) is 109 Å². The Hall–Kier alpha value is -6.98. The Balaban J connectivity index is 1.42. The van der Waals surface area contributed by atoms with E-state index in [1.54, 1.807) is 31.2 Å². The number of thiazole rings is 1. The van der Waals surface area contributed by atoms with Gasteiger partial charge in [-0.05, 0) is 60.0 Å². The average Bonchev–Trinajstić information content (AvgIpc) is 3.75. The fraction of sp³-hybridized carbons (Fsp3) is 0.0682. The molecule has 9 nitrogen and oxygen atoms in total. The van der Waals surface area contributed by atoms with Crippen molar-refractivity contribution >= 4 is 34.8 Å². The molecule has 1 aliphatic heterocycles. The minimum absolute atomic E-state index is 0.0347. The van der Waals surface area contributed by atoms with E-state index < -0.39 is 28.3 Å². The van der Waals surface area contributed by atoms with Crippen molar-refractivity contribution in [1.82, 2.24) is 9.13 Å². The zero-order valence-electron chi connectivity index (χ0n) is 29.3. The minimum atomic E-state index is -0.966. The monoisotopic (exact) mass is 746 g/mol. The highest BCUT2D eigenvalue weighted by Gasteiger charge is 2.35. The molecular weight excluding hydrogens is 716 g/mol. The molecule has 1 atom stereocenters. The van der Waals surface area contributed by atoms with Crippen LogP contribution >= 0.6 is 11.3 Å². The third kappa shape index (κ3) is 6.62. The van der Waals surface area contributed by atoms with Gasteiger partial charge < -0.3 is 9.30 Å². The zero-order chi connectivity index (χ0) is 38.1. The van der Waals surface area contributed by atoms with E-state index >= 15 is 0 Å². The molecule has 0 amide bonds. The standard InChI is InChI=1S/C44H31FN4O5S/c1-2-54-43(51)38-39(29-14-8-4-9-15-29)46-44-48(41(38)31-18-20-33(45)21-19-31)42(50)37(55-44)27-32-26-36(28-12-6-3-7-13-28)47(40(32)30-16-10-5-11-17-30)34-22-24-35(25-23-34)49(52)53/h3-27,41H,2H2,1H3/b37-27-/t41-/m0/s1. The van der Waals surface area contributed by atoms with Gasteiger partial charge in [0.25, 0.3) is 11.2 Å². The van der Waals surface area contributed by atoms with Crippen molar-refractivity contribution < 1.29 is 18.8 Å². The number of rotatable bonds is 9. The highest BCUT2D eigenvalue weighted by molar-refractivity contribution is 7.07. The number of non-ortho nitro benzene ring substituents is 1. The number of benzene rings is 5. The molecule has 2 aromatic heterocycles. The van der Waals surface area contributed by atoms with Crippen LogP contribution in [0.25, 0.3) is 40.0 Å². The average molecular weight is 747 g/mol. The predicted molar refractivity (Wildman–Crippen MR) is 211 cm³/mol. The van der Waals surface area contributed by atoms with E-state index in [2.05, 4.69) is 0 Å². The number of nitro groups is 1. The Kier molecular flexibility index (Phi) is 9.44. The number of esters is 1. The molecule has 0 spiro atoms. The Morgan fingerprint density at radius 3 is 2.05 bits per heavy atom. The molecular formula is C44H31FN4O5S. The number of carbonyl (C=O) groups excluding carboxylic acids is 1. The molecule has 0 saturated carbocycles. The van der Waals surface area contributed by atoms with Gasteiger partial charge in [-0.15, -0.1) is 0 Å². The van der Waals surface area contributed by atoms with E-state index in [0.717, 1.165) is 22.5 Å². The molecule has 0 aliphatic carbocycles. The van der Waals surface area contributed by atoms with Gasteiger partial charge in [0.1, 0.15) is 5.82 Å². The van der Waals surface area contributed by atoms with E-state index in [9.17, 15) is 24.1 Å². The quantitative estimate of drug-likeness (QED) is 0.0843. The van der Waals surface area contributed by atoms with E-state index in [0.29, 0.717) is 37.4 Å². The van der Waals surface area contributed by atoms with Gasteiger partial charge in [-0.25, -0.2) is 14.2 Å². The minimum Gasteiger partial charge on any atom is -0.463 e. The van der Waals surface area contributed by atoms with Gasteiger partial charge in [0.15, 0.2) is 4.80 Å². The van der Waals surface area contributed by atoms with Crippen LogP contribution < -0.4 is 14.9 Å². The first kappa shape index (κ1) is 35.1. The number of fused-ring (bicyclic) bond motifs is 1. The number of hydrogen-bond acceptors (Lipinski definition) is 7. The summed E-state index contributed by atoms with van der Waals surface area (Å²) in [5.41, 5.74) is 5.97. The van der Waals surface area contributed by atoms with Gasteiger partial charge in [-0.3, -0.25) is 19.5 Å². The van der Waals surface area contributed by atoms with Gasteiger partial charge in [0.2, 0.25) is 0 Å². The molecule has 0 bridgehead atoms. The van der Waals surface area contributed by atoms with Crippen LogP contribution in [0.3, 0.4) is 0 Å². The maximum absolute atomic E-state index is 14.8. The van der Waals surface area contributed by atoms with Crippen molar-refractivity contribution in [3.8, 4) is 28.2 Å². The van der Waals surface area contributed by atoms with Crippen molar-refractivity contribution in [2.24, 2.45) is 4.99 Å². The van der Waals surface area contributed by atoms with Crippen LogP contribution in [-0.4, -0.2) is 26.6 Å². The number of halogens is 1. The first-order chi connectivity index (χ1) is 26.8. The number of aromatic nitrogens is 2. The van der Waals surface area contributed by atoms with Crippen LogP contribution in [0, 0.1) is 15.9 Å². The maximum atomic E-state index is 14.8. The molecule has 0 fully saturated rings. The summed E-state index contributed by atoms with van der Waals surface area (Å²) in [5, 5.41) is 11.6. The summed E-state index contributed by atoms with van der Waals surface area (Å²) in [4.78, 5) is 45.1. The fourth-order valence-electron chi connectivity index (χ4n) is 6.89. The lowest BCUT2D eigenvalue weighted by Crippen LogP contribution is -2.40. The number of ether oxygens (including phenoxy) is 1. The largest absolute Gasteiger partial charge is 0.463 e. The number of nitrogens with zero attached hydrogens (tertiary/aromatic N) is 4. The second-order valence-electron chi connectivity index (χ2n) is 12.7. The molecule has 0 saturated heterocycles. The van der Waals surface area contributed by atoms with E-state index in [4.69, 9.17) is 9.73 Å². The molecule has 0 N–H and O–H groups in total. The van der Waals surface area contributed by atoms with Crippen molar-refractivity contribution in [3.63, 3.8) is 0 Å². The summed E-state index contributed by atoms with van der Waals surface area (Å²) < 4.78 is 23.7. The molecule has 8 rings (SSSR count). The van der Waals surface area contributed by atoms with Gasteiger partial charge in [0, 0.05) is 28.9 Å². The first-order valence-electron chi connectivity index (χ1n) is 17.5. The van der Waals surface area contributed by atoms with Crippen LogP contribution in [0.15, 0.2) is 161 Å². The molecule has 7 aromatic rings. The van der Waals surface area contributed by atoms with Crippen LogP contribution in [0.1, 0.15) is 29.7 Å². The highest BCUT2D eigenvalue weighted by atomic mass is 32.1. The van der Waals surface area contributed by atoms with E-state index in [-0.39, 0.29) is 17.9 Å².